The maximum absolute atomic E-state index is 12.1. The highest BCUT2D eigenvalue weighted by molar-refractivity contribution is 9.10. The number of aromatic nitrogens is 1. The quantitative estimate of drug-likeness (QED) is 0.827. The summed E-state index contributed by atoms with van der Waals surface area (Å²) < 4.78 is 1.72. The molecule has 19 heavy (non-hydrogen) atoms. The lowest BCUT2D eigenvalue weighted by molar-refractivity contribution is -0.133. The van der Waals surface area contributed by atoms with E-state index in [4.69, 9.17) is 5.73 Å². The van der Waals surface area contributed by atoms with Crippen molar-refractivity contribution in [3.05, 3.63) is 27.1 Å². The van der Waals surface area contributed by atoms with Gasteiger partial charge in [-0.3, -0.25) is 9.59 Å². The van der Waals surface area contributed by atoms with Crippen molar-refractivity contribution < 1.29 is 4.79 Å². The molecule has 1 aliphatic heterocycles. The van der Waals surface area contributed by atoms with Gasteiger partial charge in [0.15, 0.2) is 0 Å². The van der Waals surface area contributed by atoms with Crippen molar-refractivity contribution >= 4 is 27.5 Å². The zero-order valence-electron chi connectivity index (χ0n) is 10.8. The van der Waals surface area contributed by atoms with Crippen molar-refractivity contribution in [3.8, 4) is 0 Å². The molecular formula is C12H17BrN4O2. The van der Waals surface area contributed by atoms with Gasteiger partial charge in [-0.15, -0.1) is 0 Å². The first kappa shape index (κ1) is 14.1. The summed E-state index contributed by atoms with van der Waals surface area (Å²) in [4.78, 5) is 28.0. The first-order chi connectivity index (χ1) is 8.97. The molecule has 2 heterocycles. The van der Waals surface area contributed by atoms with E-state index in [0.717, 1.165) is 13.1 Å². The molecule has 0 aromatic carbocycles. The number of piperazine rings is 1. The number of halogens is 1. The first-order valence-electron chi connectivity index (χ1n) is 6.09. The summed E-state index contributed by atoms with van der Waals surface area (Å²) in [6.07, 6.45) is 1.50. The summed E-state index contributed by atoms with van der Waals surface area (Å²) in [5.41, 5.74) is 5.90. The zero-order chi connectivity index (χ0) is 14.0. The van der Waals surface area contributed by atoms with Gasteiger partial charge in [0.25, 0.3) is 5.56 Å². The standard InChI is InChI=1S/C12H17BrN4O2/c1-15-2-4-16(5-3-15)11(18)8-17-7-9(14)6-10(13)12(17)19/h6-7H,2-5,8,14H2,1H3. The van der Waals surface area contributed by atoms with Gasteiger partial charge < -0.3 is 20.1 Å². The highest BCUT2D eigenvalue weighted by atomic mass is 79.9. The number of likely N-dealkylation sites (N-methyl/N-ethyl adjacent to an activating group) is 1. The Labute approximate surface area is 119 Å². The summed E-state index contributed by atoms with van der Waals surface area (Å²) in [5, 5.41) is 0. The third-order valence-corrected chi connectivity index (χ3v) is 3.79. The average Bonchev–Trinajstić information content (AvgIpc) is 2.36. The number of hydrogen-bond donors (Lipinski definition) is 1. The van der Waals surface area contributed by atoms with Crippen LogP contribution >= 0.6 is 15.9 Å². The highest BCUT2D eigenvalue weighted by Crippen LogP contribution is 2.09. The smallest absolute Gasteiger partial charge is 0.265 e. The van der Waals surface area contributed by atoms with E-state index >= 15 is 0 Å². The molecular weight excluding hydrogens is 312 g/mol. The van der Waals surface area contributed by atoms with E-state index < -0.39 is 0 Å². The second-order valence-corrected chi connectivity index (χ2v) is 5.59. The number of nitrogen functional groups attached to an aromatic ring is 1. The number of hydrogen-bond acceptors (Lipinski definition) is 4. The van der Waals surface area contributed by atoms with Gasteiger partial charge in [-0.2, -0.15) is 0 Å². The van der Waals surface area contributed by atoms with Crippen LogP contribution in [0.25, 0.3) is 0 Å². The van der Waals surface area contributed by atoms with E-state index in [9.17, 15) is 9.59 Å². The SMILES string of the molecule is CN1CCN(C(=O)Cn2cc(N)cc(Br)c2=O)CC1. The summed E-state index contributed by atoms with van der Waals surface area (Å²) in [6, 6.07) is 1.54. The summed E-state index contributed by atoms with van der Waals surface area (Å²) in [7, 11) is 2.03. The Morgan fingerprint density at radius 3 is 2.63 bits per heavy atom. The Morgan fingerprint density at radius 1 is 1.37 bits per heavy atom. The molecule has 0 saturated carbocycles. The lowest BCUT2D eigenvalue weighted by Crippen LogP contribution is -2.48. The fourth-order valence-electron chi connectivity index (χ4n) is 2.04. The molecule has 6 nitrogen and oxygen atoms in total. The van der Waals surface area contributed by atoms with E-state index in [0.29, 0.717) is 23.2 Å². The Bertz CT molecular complexity index is 535. The van der Waals surface area contributed by atoms with Crippen molar-refractivity contribution in [2.45, 2.75) is 6.54 Å². The largest absolute Gasteiger partial charge is 0.398 e. The van der Waals surface area contributed by atoms with Gasteiger partial charge in [-0.1, -0.05) is 0 Å². The molecule has 104 valence electrons. The lowest BCUT2D eigenvalue weighted by Gasteiger charge is -2.32. The number of amides is 1. The van der Waals surface area contributed by atoms with Crippen LogP contribution in [0.1, 0.15) is 0 Å². The molecule has 1 aliphatic rings. The number of carbonyl (C=O) groups excluding carboxylic acids is 1. The van der Waals surface area contributed by atoms with Gasteiger partial charge in [0.2, 0.25) is 5.91 Å². The Hall–Kier alpha value is -1.34. The molecule has 1 saturated heterocycles. The number of pyridine rings is 1. The van der Waals surface area contributed by atoms with E-state index in [1.54, 1.807) is 11.0 Å². The third-order valence-electron chi connectivity index (χ3n) is 3.23. The van der Waals surface area contributed by atoms with Crippen LogP contribution in [0.3, 0.4) is 0 Å². The second-order valence-electron chi connectivity index (χ2n) is 4.74. The van der Waals surface area contributed by atoms with Crippen LogP contribution in [0.2, 0.25) is 0 Å². The number of rotatable bonds is 2. The van der Waals surface area contributed by atoms with Crippen LogP contribution in [0, 0.1) is 0 Å². The zero-order valence-corrected chi connectivity index (χ0v) is 12.4. The van der Waals surface area contributed by atoms with Crippen molar-refractivity contribution in [1.82, 2.24) is 14.4 Å². The molecule has 1 aromatic rings. The molecule has 1 aromatic heterocycles. The van der Waals surface area contributed by atoms with E-state index in [1.807, 2.05) is 7.05 Å². The predicted molar refractivity (Wildman–Crippen MR) is 76.9 cm³/mol. The predicted octanol–water partition coefficient (Wildman–Crippen LogP) is -0.0330. The minimum Gasteiger partial charge on any atom is -0.398 e. The number of nitrogens with two attached hydrogens (primary N) is 1. The van der Waals surface area contributed by atoms with Gasteiger partial charge in [0, 0.05) is 38.1 Å². The van der Waals surface area contributed by atoms with Gasteiger partial charge in [-0.25, -0.2) is 0 Å². The van der Waals surface area contributed by atoms with Crippen molar-refractivity contribution in [2.24, 2.45) is 0 Å². The van der Waals surface area contributed by atoms with Gasteiger partial charge in [-0.05, 0) is 29.0 Å². The number of anilines is 1. The minimum absolute atomic E-state index is 0.0339. The molecule has 1 fully saturated rings. The van der Waals surface area contributed by atoms with Crippen molar-refractivity contribution in [2.75, 3.05) is 39.0 Å². The highest BCUT2D eigenvalue weighted by Gasteiger charge is 2.19. The van der Waals surface area contributed by atoms with Crippen LogP contribution in [-0.4, -0.2) is 53.5 Å². The van der Waals surface area contributed by atoms with Crippen LogP contribution in [0.15, 0.2) is 21.5 Å². The Kier molecular flexibility index (Phi) is 4.26. The molecule has 0 spiro atoms. The van der Waals surface area contributed by atoms with Gasteiger partial charge in [0.1, 0.15) is 6.54 Å². The van der Waals surface area contributed by atoms with Crippen LogP contribution < -0.4 is 11.3 Å². The fraction of sp³-hybridized carbons (Fsp3) is 0.500. The van der Waals surface area contributed by atoms with Crippen molar-refractivity contribution in [3.63, 3.8) is 0 Å². The fourth-order valence-corrected chi connectivity index (χ4v) is 2.53. The maximum atomic E-state index is 12.1. The van der Waals surface area contributed by atoms with Crippen molar-refractivity contribution in [1.29, 1.82) is 0 Å². The van der Waals surface area contributed by atoms with Crippen LogP contribution in [-0.2, 0) is 11.3 Å². The summed E-state index contributed by atoms with van der Waals surface area (Å²) >= 11 is 3.15. The summed E-state index contributed by atoms with van der Waals surface area (Å²) in [5.74, 6) is -0.0484. The van der Waals surface area contributed by atoms with Crippen LogP contribution in [0.4, 0.5) is 5.69 Å². The summed E-state index contributed by atoms with van der Waals surface area (Å²) in [6.45, 7) is 3.16. The number of carbonyl (C=O) groups is 1. The van der Waals surface area contributed by atoms with Gasteiger partial charge >= 0.3 is 0 Å². The molecule has 0 radical (unpaired) electrons. The molecule has 0 unspecified atom stereocenters. The Morgan fingerprint density at radius 2 is 2.00 bits per heavy atom. The molecule has 0 aliphatic carbocycles. The molecule has 1 amide bonds. The third kappa shape index (κ3) is 3.36. The molecule has 7 heteroatoms. The maximum Gasteiger partial charge on any atom is 0.265 e. The van der Waals surface area contributed by atoms with E-state index in [1.165, 1.54) is 10.8 Å². The van der Waals surface area contributed by atoms with E-state index in [-0.39, 0.29) is 18.0 Å². The molecule has 2 rings (SSSR count). The topological polar surface area (TPSA) is 71.6 Å². The normalized spacial score (nSPS) is 16.6. The lowest BCUT2D eigenvalue weighted by atomic mass is 10.3. The molecule has 0 bridgehead atoms. The molecule has 2 N–H and O–H groups in total. The average molecular weight is 329 g/mol. The number of nitrogens with zero attached hydrogens (tertiary/aromatic N) is 3. The molecule has 0 atom stereocenters. The second kappa shape index (κ2) is 5.75. The first-order valence-corrected chi connectivity index (χ1v) is 6.88. The minimum atomic E-state index is -0.239. The Balaban J connectivity index is 2.09. The van der Waals surface area contributed by atoms with Gasteiger partial charge in [0.05, 0.1) is 4.47 Å². The van der Waals surface area contributed by atoms with Crippen LogP contribution in [0.5, 0.6) is 0 Å². The monoisotopic (exact) mass is 328 g/mol. The van der Waals surface area contributed by atoms with E-state index in [2.05, 4.69) is 20.8 Å².